The molecule has 2 unspecified atom stereocenters. The Balaban J connectivity index is 1.89. The number of hydrogen-bond acceptors (Lipinski definition) is 4. The zero-order valence-corrected chi connectivity index (χ0v) is 12.7. The number of likely N-dealkylation sites (N-methyl/N-ethyl adjacent to an activating group) is 1. The van der Waals surface area contributed by atoms with Gasteiger partial charge in [0.1, 0.15) is 5.54 Å². The van der Waals surface area contributed by atoms with Crippen molar-refractivity contribution in [2.75, 3.05) is 32.7 Å². The second-order valence-corrected chi connectivity index (χ2v) is 6.36. The Bertz CT molecular complexity index is 328. The zero-order chi connectivity index (χ0) is 13.9. The van der Waals surface area contributed by atoms with Crippen molar-refractivity contribution in [2.45, 2.75) is 57.7 Å². The van der Waals surface area contributed by atoms with Gasteiger partial charge in [-0.2, -0.15) is 5.26 Å². The summed E-state index contributed by atoms with van der Waals surface area (Å²) in [6.07, 6.45) is 3.16. The van der Waals surface area contributed by atoms with E-state index in [4.69, 9.17) is 0 Å². The Morgan fingerprint density at radius 2 is 2.00 bits per heavy atom. The normalized spacial score (nSPS) is 33.7. The standard InChI is InChI=1S/C15H28N4/c1-4-18-7-9-19(10-8-18)14-5-6-15(11-14,12-16)17-13(2)3/h13-14,17H,4-11H2,1-3H3. The van der Waals surface area contributed by atoms with Gasteiger partial charge in [0.15, 0.2) is 0 Å². The maximum atomic E-state index is 9.52. The molecule has 0 bridgehead atoms. The molecule has 0 amide bonds. The van der Waals surface area contributed by atoms with E-state index in [2.05, 4.69) is 42.0 Å². The molecule has 1 N–H and O–H groups in total. The molecule has 2 rings (SSSR count). The van der Waals surface area contributed by atoms with Crippen LogP contribution in [0, 0.1) is 11.3 Å². The zero-order valence-electron chi connectivity index (χ0n) is 12.7. The number of rotatable bonds is 4. The van der Waals surface area contributed by atoms with Gasteiger partial charge in [-0.05, 0) is 39.7 Å². The highest BCUT2D eigenvalue weighted by Gasteiger charge is 2.42. The lowest BCUT2D eigenvalue weighted by atomic mass is 9.98. The molecule has 108 valence electrons. The highest BCUT2D eigenvalue weighted by Crippen LogP contribution is 2.33. The number of nitriles is 1. The van der Waals surface area contributed by atoms with Gasteiger partial charge in [0, 0.05) is 38.3 Å². The molecular weight excluding hydrogens is 236 g/mol. The van der Waals surface area contributed by atoms with Gasteiger partial charge < -0.3 is 4.90 Å². The summed E-state index contributed by atoms with van der Waals surface area (Å²) in [5.74, 6) is 0. The summed E-state index contributed by atoms with van der Waals surface area (Å²) in [5.41, 5.74) is -0.277. The fourth-order valence-electron chi connectivity index (χ4n) is 3.59. The van der Waals surface area contributed by atoms with Crippen LogP contribution in [-0.2, 0) is 0 Å². The van der Waals surface area contributed by atoms with Crippen LogP contribution in [0.25, 0.3) is 0 Å². The molecule has 0 aromatic rings. The molecule has 0 aromatic heterocycles. The smallest absolute Gasteiger partial charge is 0.108 e. The SMILES string of the molecule is CCN1CCN(C2CCC(C#N)(NC(C)C)C2)CC1. The highest BCUT2D eigenvalue weighted by atomic mass is 15.3. The summed E-state index contributed by atoms with van der Waals surface area (Å²) >= 11 is 0. The molecule has 19 heavy (non-hydrogen) atoms. The van der Waals surface area contributed by atoms with Gasteiger partial charge in [0.25, 0.3) is 0 Å². The van der Waals surface area contributed by atoms with Crippen LogP contribution in [0.4, 0.5) is 0 Å². The second-order valence-electron chi connectivity index (χ2n) is 6.36. The van der Waals surface area contributed by atoms with E-state index >= 15 is 0 Å². The molecule has 1 heterocycles. The Hall–Kier alpha value is -0.630. The van der Waals surface area contributed by atoms with Gasteiger partial charge in [-0.25, -0.2) is 0 Å². The molecule has 4 heteroatoms. The molecule has 2 aliphatic rings. The van der Waals surface area contributed by atoms with Crippen LogP contribution in [0.1, 0.15) is 40.0 Å². The van der Waals surface area contributed by atoms with Crippen molar-refractivity contribution in [1.82, 2.24) is 15.1 Å². The van der Waals surface area contributed by atoms with Crippen LogP contribution in [0.5, 0.6) is 0 Å². The summed E-state index contributed by atoms with van der Waals surface area (Å²) in [4.78, 5) is 5.11. The van der Waals surface area contributed by atoms with Crippen molar-refractivity contribution in [3.63, 3.8) is 0 Å². The van der Waals surface area contributed by atoms with Gasteiger partial charge in [0.2, 0.25) is 0 Å². The second kappa shape index (κ2) is 6.21. The molecule has 0 spiro atoms. The van der Waals surface area contributed by atoms with E-state index in [-0.39, 0.29) is 5.54 Å². The molecule has 2 atom stereocenters. The molecule has 1 saturated heterocycles. The Labute approximate surface area is 117 Å². The summed E-state index contributed by atoms with van der Waals surface area (Å²) < 4.78 is 0. The highest BCUT2D eigenvalue weighted by molar-refractivity contribution is 5.14. The third-order valence-electron chi connectivity index (χ3n) is 4.64. The average Bonchev–Trinajstić information content (AvgIpc) is 2.83. The van der Waals surface area contributed by atoms with Gasteiger partial charge in [-0.3, -0.25) is 10.2 Å². The Kier molecular flexibility index (Phi) is 4.83. The van der Waals surface area contributed by atoms with E-state index in [1.165, 1.54) is 32.6 Å². The minimum atomic E-state index is -0.277. The van der Waals surface area contributed by atoms with Gasteiger partial charge in [-0.1, -0.05) is 6.92 Å². The van der Waals surface area contributed by atoms with E-state index in [1.807, 2.05) is 0 Å². The third-order valence-corrected chi connectivity index (χ3v) is 4.64. The van der Waals surface area contributed by atoms with Crippen molar-refractivity contribution in [3.05, 3.63) is 0 Å². The number of piperazine rings is 1. The minimum absolute atomic E-state index is 0.277. The molecule has 1 saturated carbocycles. The molecule has 0 aromatic carbocycles. The first-order valence-corrected chi connectivity index (χ1v) is 7.74. The van der Waals surface area contributed by atoms with E-state index < -0.39 is 0 Å². The lowest BCUT2D eigenvalue weighted by Gasteiger charge is -2.38. The van der Waals surface area contributed by atoms with E-state index in [9.17, 15) is 5.26 Å². The lowest BCUT2D eigenvalue weighted by Crippen LogP contribution is -2.51. The third kappa shape index (κ3) is 3.47. The fraction of sp³-hybridized carbons (Fsp3) is 0.933. The van der Waals surface area contributed by atoms with Crippen molar-refractivity contribution in [3.8, 4) is 6.07 Å². The fourth-order valence-corrected chi connectivity index (χ4v) is 3.59. The minimum Gasteiger partial charge on any atom is -0.301 e. The molecule has 1 aliphatic carbocycles. The number of nitrogens with zero attached hydrogens (tertiary/aromatic N) is 3. The van der Waals surface area contributed by atoms with E-state index in [0.717, 1.165) is 19.4 Å². The average molecular weight is 264 g/mol. The molecule has 2 fully saturated rings. The van der Waals surface area contributed by atoms with Crippen molar-refractivity contribution >= 4 is 0 Å². The van der Waals surface area contributed by atoms with Crippen LogP contribution in [0.15, 0.2) is 0 Å². The van der Waals surface area contributed by atoms with Crippen molar-refractivity contribution < 1.29 is 0 Å². The van der Waals surface area contributed by atoms with Crippen molar-refractivity contribution in [1.29, 1.82) is 5.26 Å². The summed E-state index contributed by atoms with van der Waals surface area (Å²) in [6.45, 7) is 12.4. The largest absolute Gasteiger partial charge is 0.301 e. The van der Waals surface area contributed by atoms with E-state index in [0.29, 0.717) is 12.1 Å². The maximum Gasteiger partial charge on any atom is 0.108 e. The molecule has 0 radical (unpaired) electrons. The van der Waals surface area contributed by atoms with Crippen LogP contribution in [0.3, 0.4) is 0 Å². The molecule has 1 aliphatic heterocycles. The maximum absolute atomic E-state index is 9.52. The predicted octanol–water partition coefficient (Wildman–Crippen LogP) is 1.44. The quantitative estimate of drug-likeness (QED) is 0.834. The number of nitrogens with one attached hydrogen (secondary N) is 1. The predicted molar refractivity (Wildman–Crippen MR) is 77.9 cm³/mol. The first-order chi connectivity index (χ1) is 9.08. The Morgan fingerprint density at radius 3 is 2.53 bits per heavy atom. The molecule has 4 nitrogen and oxygen atoms in total. The van der Waals surface area contributed by atoms with Crippen LogP contribution in [-0.4, -0.2) is 60.1 Å². The summed E-state index contributed by atoms with van der Waals surface area (Å²) in [7, 11) is 0. The number of hydrogen-bond donors (Lipinski definition) is 1. The van der Waals surface area contributed by atoms with Gasteiger partial charge in [0.05, 0.1) is 6.07 Å². The molecular formula is C15H28N4. The van der Waals surface area contributed by atoms with E-state index in [1.54, 1.807) is 0 Å². The first kappa shape index (κ1) is 14.8. The summed E-state index contributed by atoms with van der Waals surface area (Å²) in [6, 6.07) is 3.54. The van der Waals surface area contributed by atoms with Crippen molar-refractivity contribution in [2.24, 2.45) is 0 Å². The summed E-state index contributed by atoms with van der Waals surface area (Å²) in [5, 5.41) is 13.0. The van der Waals surface area contributed by atoms with Crippen LogP contribution >= 0.6 is 0 Å². The topological polar surface area (TPSA) is 42.3 Å². The lowest BCUT2D eigenvalue weighted by molar-refractivity contribution is 0.0987. The van der Waals surface area contributed by atoms with Gasteiger partial charge >= 0.3 is 0 Å². The van der Waals surface area contributed by atoms with Gasteiger partial charge in [-0.15, -0.1) is 0 Å². The monoisotopic (exact) mass is 264 g/mol. The Morgan fingerprint density at radius 1 is 1.32 bits per heavy atom. The van der Waals surface area contributed by atoms with Crippen LogP contribution < -0.4 is 5.32 Å². The first-order valence-electron chi connectivity index (χ1n) is 7.74. The van der Waals surface area contributed by atoms with Crippen LogP contribution in [0.2, 0.25) is 0 Å².